The second kappa shape index (κ2) is 5.60. The van der Waals surface area contributed by atoms with E-state index in [1.165, 1.54) is 11.1 Å². The maximum absolute atomic E-state index is 4.38. The molecule has 2 aromatic rings. The van der Waals surface area contributed by atoms with Gasteiger partial charge in [0.15, 0.2) is 0 Å². The van der Waals surface area contributed by atoms with Crippen LogP contribution in [0.3, 0.4) is 0 Å². The molecule has 0 bridgehead atoms. The fourth-order valence-electron chi connectivity index (χ4n) is 1.81. The predicted molar refractivity (Wildman–Crippen MR) is 70.7 cm³/mol. The number of hydrogen-bond acceptors (Lipinski definition) is 2. The molecular weight excluding hydrogens is 208 g/mol. The molecule has 1 atom stereocenters. The van der Waals surface area contributed by atoms with Crippen molar-refractivity contribution in [1.29, 1.82) is 0 Å². The van der Waals surface area contributed by atoms with Crippen LogP contribution < -0.4 is 5.32 Å². The molecular formula is C15H18N2. The lowest BCUT2D eigenvalue weighted by atomic mass is 10.1. The Morgan fingerprint density at radius 1 is 1.12 bits per heavy atom. The second-order valence-electron chi connectivity index (χ2n) is 4.28. The Balaban J connectivity index is 1.97. The van der Waals surface area contributed by atoms with Crippen LogP contribution in [0.25, 0.3) is 0 Å². The van der Waals surface area contributed by atoms with Gasteiger partial charge in [-0.2, -0.15) is 0 Å². The Hall–Kier alpha value is -1.67. The van der Waals surface area contributed by atoms with Crippen LogP contribution in [0.1, 0.15) is 29.8 Å². The summed E-state index contributed by atoms with van der Waals surface area (Å²) in [6, 6.07) is 14.9. The van der Waals surface area contributed by atoms with E-state index in [0.717, 1.165) is 12.2 Å². The third-order valence-electron chi connectivity index (χ3n) is 2.99. The van der Waals surface area contributed by atoms with Crippen molar-refractivity contribution in [2.24, 2.45) is 0 Å². The third kappa shape index (κ3) is 3.14. The van der Waals surface area contributed by atoms with Gasteiger partial charge in [-0.3, -0.25) is 4.98 Å². The average molecular weight is 226 g/mol. The van der Waals surface area contributed by atoms with Crippen LogP contribution in [0, 0.1) is 6.92 Å². The molecule has 0 saturated carbocycles. The lowest BCUT2D eigenvalue weighted by Crippen LogP contribution is -2.19. The number of hydrogen-bond donors (Lipinski definition) is 1. The molecule has 2 nitrogen and oxygen atoms in total. The first-order valence-electron chi connectivity index (χ1n) is 5.96. The molecule has 0 radical (unpaired) electrons. The van der Waals surface area contributed by atoms with Gasteiger partial charge in [-0.05, 0) is 31.0 Å². The van der Waals surface area contributed by atoms with Gasteiger partial charge in [0.25, 0.3) is 0 Å². The molecule has 1 aromatic heterocycles. The van der Waals surface area contributed by atoms with Gasteiger partial charge >= 0.3 is 0 Å². The SMILES string of the molecule is Cc1cccnc1CNC(C)c1ccccc1. The largest absolute Gasteiger partial charge is 0.305 e. The molecule has 1 N–H and O–H groups in total. The number of aryl methyl sites for hydroxylation is 1. The second-order valence-corrected chi connectivity index (χ2v) is 4.28. The summed E-state index contributed by atoms with van der Waals surface area (Å²) in [6.07, 6.45) is 1.84. The zero-order chi connectivity index (χ0) is 12.1. The number of nitrogens with zero attached hydrogens (tertiary/aromatic N) is 1. The molecule has 2 rings (SSSR count). The van der Waals surface area contributed by atoms with Crippen LogP contribution in [0.4, 0.5) is 0 Å². The molecule has 0 spiro atoms. The van der Waals surface area contributed by atoms with Crippen molar-refractivity contribution in [3.05, 3.63) is 65.5 Å². The predicted octanol–water partition coefficient (Wildman–Crippen LogP) is 3.24. The van der Waals surface area contributed by atoms with Crippen molar-refractivity contribution >= 4 is 0 Å². The van der Waals surface area contributed by atoms with E-state index in [-0.39, 0.29) is 0 Å². The normalized spacial score (nSPS) is 12.4. The summed E-state index contributed by atoms with van der Waals surface area (Å²) in [6.45, 7) is 5.08. The van der Waals surface area contributed by atoms with Gasteiger partial charge in [0.2, 0.25) is 0 Å². The van der Waals surface area contributed by atoms with Crippen molar-refractivity contribution in [1.82, 2.24) is 10.3 Å². The highest BCUT2D eigenvalue weighted by Crippen LogP contribution is 2.12. The first kappa shape index (κ1) is 11.8. The maximum Gasteiger partial charge on any atom is 0.0570 e. The minimum atomic E-state index is 0.345. The van der Waals surface area contributed by atoms with Gasteiger partial charge in [-0.1, -0.05) is 36.4 Å². The van der Waals surface area contributed by atoms with Crippen molar-refractivity contribution in [3.63, 3.8) is 0 Å². The molecule has 0 saturated heterocycles. The molecule has 1 heterocycles. The summed E-state index contributed by atoms with van der Waals surface area (Å²) >= 11 is 0. The molecule has 0 aliphatic carbocycles. The topological polar surface area (TPSA) is 24.9 Å². The molecule has 88 valence electrons. The molecule has 0 fully saturated rings. The van der Waals surface area contributed by atoms with E-state index < -0.39 is 0 Å². The summed E-state index contributed by atoms with van der Waals surface area (Å²) in [5, 5.41) is 3.49. The van der Waals surface area contributed by atoms with Gasteiger partial charge in [-0.15, -0.1) is 0 Å². The molecule has 1 aromatic carbocycles. The van der Waals surface area contributed by atoms with E-state index in [0.29, 0.717) is 6.04 Å². The van der Waals surface area contributed by atoms with Crippen molar-refractivity contribution in [2.45, 2.75) is 26.4 Å². The number of aromatic nitrogens is 1. The zero-order valence-electron chi connectivity index (χ0n) is 10.4. The van der Waals surface area contributed by atoms with E-state index in [2.05, 4.69) is 54.5 Å². The van der Waals surface area contributed by atoms with E-state index in [1.54, 1.807) is 0 Å². The minimum Gasteiger partial charge on any atom is -0.305 e. The van der Waals surface area contributed by atoms with Crippen LogP contribution >= 0.6 is 0 Å². The van der Waals surface area contributed by atoms with Gasteiger partial charge in [0.1, 0.15) is 0 Å². The Morgan fingerprint density at radius 3 is 2.59 bits per heavy atom. The maximum atomic E-state index is 4.38. The van der Waals surface area contributed by atoms with E-state index in [1.807, 2.05) is 18.3 Å². The van der Waals surface area contributed by atoms with Gasteiger partial charge in [0, 0.05) is 18.8 Å². The van der Waals surface area contributed by atoms with Crippen molar-refractivity contribution in [3.8, 4) is 0 Å². The summed E-state index contributed by atoms with van der Waals surface area (Å²) < 4.78 is 0. The lowest BCUT2D eigenvalue weighted by Gasteiger charge is -2.14. The van der Waals surface area contributed by atoms with Gasteiger partial charge in [-0.25, -0.2) is 0 Å². The molecule has 0 aliphatic rings. The van der Waals surface area contributed by atoms with E-state index in [9.17, 15) is 0 Å². The summed E-state index contributed by atoms with van der Waals surface area (Å²) in [5.74, 6) is 0. The fraction of sp³-hybridized carbons (Fsp3) is 0.267. The Labute approximate surface area is 103 Å². The average Bonchev–Trinajstić information content (AvgIpc) is 2.38. The third-order valence-corrected chi connectivity index (χ3v) is 2.99. The van der Waals surface area contributed by atoms with Crippen LogP contribution in [0.15, 0.2) is 48.7 Å². The summed E-state index contributed by atoms with van der Waals surface area (Å²) in [4.78, 5) is 4.38. The summed E-state index contributed by atoms with van der Waals surface area (Å²) in [7, 11) is 0. The molecule has 1 unspecified atom stereocenters. The first-order valence-corrected chi connectivity index (χ1v) is 5.96. The summed E-state index contributed by atoms with van der Waals surface area (Å²) in [5.41, 5.74) is 3.66. The van der Waals surface area contributed by atoms with Crippen LogP contribution in [-0.2, 0) is 6.54 Å². The molecule has 0 amide bonds. The first-order chi connectivity index (χ1) is 8.27. The monoisotopic (exact) mass is 226 g/mol. The number of rotatable bonds is 4. The Kier molecular flexibility index (Phi) is 3.89. The molecule has 17 heavy (non-hydrogen) atoms. The highest BCUT2D eigenvalue weighted by atomic mass is 14.9. The Morgan fingerprint density at radius 2 is 1.88 bits per heavy atom. The lowest BCUT2D eigenvalue weighted by molar-refractivity contribution is 0.566. The van der Waals surface area contributed by atoms with E-state index >= 15 is 0 Å². The number of pyridine rings is 1. The van der Waals surface area contributed by atoms with Crippen molar-refractivity contribution in [2.75, 3.05) is 0 Å². The van der Waals surface area contributed by atoms with Crippen LogP contribution in [0.5, 0.6) is 0 Å². The van der Waals surface area contributed by atoms with Gasteiger partial charge < -0.3 is 5.32 Å². The standard InChI is InChI=1S/C15H18N2/c1-12-7-6-10-16-15(12)11-17-13(2)14-8-4-3-5-9-14/h3-10,13,17H,11H2,1-2H3. The number of nitrogens with one attached hydrogen (secondary N) is 1. The quantitative estimate of drug-likeness (QED) is 0.865. The highest BCUT2D eigenvalue weighted by Gasteiger charge is 2.05. The zero-order valence-corrected chi connectivity index (χ0v) is 10.4. The minimum absolute atomic E-state index is 0.345. The van der Waals surface area contributed by atoms with Crippen molar-refractivity contribution < 1.29 is 0 Å². The van der Waals surface area contributed by atoms with E-state index in [4.69, 9.17) is 0 Å². The van der Waals surface area contributed by atoms with Crippen LogP contribution in [0.2, 0.25) is 0 Å². The molecule has 0 aliphatic heterocycles. The smallest absolute Gasteiger partial charge is 0.0570 e. The van der Waals surface area contributed by atoms with Crippen LogP contribution in [-0.4, -0.2) is 4.98 Å². The highest BCUT2D eigenvalue weighted by molar-refractivity contribution is 5.20. The Bertz CT molecular complexity index is 465. The fourth-order valence-corrected chi connectivity index (χ4v) is 1.81. The number of benzene rings is 1. The van der Waals surface area contributed by atoms with Gasteiger partial charge in [0.05, 0.1) is 5.69 Å². The molecule has 2 heteroatoms.